The van der Waals surface area contributed by atoms with E-state index in [9.17, 15) is 0 Å². The van der Waals surface area contributed by atoms with Gasteiger partial charge in [-0.05, 0) is 12.8 Å². The number of hydrogen-bond acceptors (Lipinski definition) is 3. The smallest absolute Gasteiger partial charge is 0.145 e. The summed E-state index contributed by atoms with van der Waals surface area (Å²) in [6.45, 7) is 2.21. The second-order valence-electron chi connectivity index (χ2n) is 3.34. The number of nitrogens with zero attached hydrogens (tertiary/aromatic N) is 1. The molecule has 0 radical (unpaired) electrons. The number of aliphatic hydroxyl groups excluding tert-OH is 1. The lowest BCUT2D eigenvalue weighted by Crippen LogP contribution is -2.17. The first-order valence-corrected chi connectivity index (χ1v) is 4.82. The summed E-state index contributed by atoms with van der Waals surface area (Å²) in [5.41, 5.74) is 3.78. The van der Waals surface area contributed by atoms with Crippen LogP contribution < -0.4 is 5.43 Å². The molecule has 1 rings (SSSR count). The van der Waals surface area contributed by atoms with Crippen molar-refractivity contribution in [2.45, 2.75) is 51.7 Å². The number of aliphatic hydroxyl groups is 1. The largest absolute Gasteiger partial charge is 0.372 e. The van der Waals surface area contributed by atoms with Gasteiger partial charge in [0, 0.05) is 12.1 Å². The Kier molecular flexibility index (Phi) is 4.08. The summed E-state index contributed by atoms with van der Waals surface area (Å²) in [4.78, 5) is 0. The number of rotatable bonds is 5. The Hall–Kier alpha value is -0.570. The molecule has 3 nitrogen and oxygen atoms in total. The van der Waals surface area contributed by atoms with Crippen LogP contribution in [-0.4, -0.2) is 17.0 Å². The van der Waals surface area contributed by atoms with Gasteiger partial charge in [-0.15, -0.1) is 0 Å². The average molecular weight is 170 g/mol. The van der Waals surface area contributed by atoms with E-state index in [1.807, 2.05) is 0 Å². The van der Waals surface area contributed by atoms with Crippen molar-refractivity contribution in [1.82, 2.24) is 5.43 Å². The number of hydrazone groups is 1. The van der Waals surface area contributed by atoms with E-state index >= 15 is 0 Å². The van der Waals surface area contributed by atoms with Crippen LogP contribution in [0.1, 0.15) is 45.4 Å². The van der Waals surface area contributed by atoms with Gasteiger partial charge in [0.2, 0.25) is 0 Å². The van der Waals surface area contributed by atoms with Crippen LogP contribution in [0.4, 0.5) is 0 Å². The van der Waals surface area contributed by atoms with Crippen LogP contribution in [0.3, 0.4) is 0 Å². The van der Waals surface area contributed by atoms with Crippen molar-refractivity contribution in [1.29, 1.82) is 0 Å². The molecule has 0 bridgehead atoms. The zero-order valence-electron chi connectivity index (χ0n) is 7.71. The van der Waals surface area contributed by atoms with Crippen molar-refractivity contribution in [3.63, 3.8) is 0 Å². The molecule has 2 N–H and O–H groups in total. The quantitative estimate of drug-likeness (QED) is 0.616. The number of nitrogens with one attached hydrogen (secondary N) is 1. The van der Waals surface area contributed by atoms with E-state index in [0.29, 0.717) is 6.42 Å². The Balaban J connectivity index is 2.00. The molecular weight excluding hydrogens is 152 g/mol. The molecule has 12 heavy (non-hydrogen) atoms. The second kappa shape index (κ2) is 5.14. The Bertz CT molecular complexity index is 157. The molecule has 0 aromatic rings. The van der Waals surface area contributed by atoms with E-state index < -0.39 is 6.23 Å². The summed E-state index contributed by atoms with van der Waals surface area (Å²) in [5, 5.41) is 13.1. The Morgan fingerprint density at radius 1 is 1.50 bits per heavy atom. The third-order valence-electron chi connectivity index (χ3n) is 2.12. The van der Waals surface area contributed by atoms with Crippen LogP contribution in [0.2, 0.25) is 0 Å². The molecule has 0 aliphatic carbocycles. The fraction of sp³-hybridized carbons (Fsp3) is 0.889. The maximum atomic E-state index is 9.08. The first-order valence-electron chi connectivity index (χ1n) is 4.82. The number of hydrogen-bond donors (Lipinski definition) is 2. The van der Waals surface area contributed by atoms with Gasteiger partial charge in [0.05, 0.1) is 0 Å². The van der Waals surface area contributed by atoms with Crippen molar-refractivity contribution in [3.05, 3.63) is 0 Å². The van der Waals surface area contributed by atoms with E-state index in [-0.39, 0.29) is 0 Å². The lowest BCUT2D eigenvalue weighted by molar-refractivity contribution is 0.158. The highest BCUT2D eigenvalue weighted by molar-refractivity contribution is 5.85. The molecule has 1 aliphatic rings. The summed E-state index contributed by atoms with van der Waals surface area (Å²) >= 11 is 0. The molecule has 3 heteroatoms. The summed E-state index contributed by atoms with van der Waals surface area (Å²) in [7, 11) is 0. The van der Waals surface area contributed by atoms with Crippen molar-refractivity contribution < 1.29 is 5.11 Å². The Labute approximate surface area is 73.9 Å². The van der Waals surface area contributed by atoms with Gasteiger partial charge in [-0.2, -0.15) is 5.10 Å². The van der Waals surface area contributed by atoms with E-state index in [1.165, 1.54) is 25.7 Å². The average Bonchev–Trinajstić information content (AvgIpc) is 2.45. The minimum Gasteiger partial charge on any atom is -0.372 e. The zero-order chi connectivity index (χ0) is 8.81. The molecule has 1 atom stereocenters. The van der Waals surface area contributed by atoms with Gasteiger partial charge in [-0.25, -0.2) is 0 Å². The Morgan fingerprint density at radius 3 is 2.92 bits per heavy atom. The van der Waals surface area contributed by atoms with E-state index in [1.54, 1.807) is 0 Å². The summed E-state index contributed by atoms with van der Waals surface area (Å²) in [6, 6.07) is 0. The monoisotopic (exact) mass is 170 g/mol. The van der Waals surface area contributed by atoms with Crippen LogP contribution in [-0.2, 0) is 0 Å². The van der Waals surface area contributed by atoms with Gasteiger partial charge in [-0.3, -0.25) is 5.43 Å². The molecule has 0 saturated carbocycles. The molecular formula is C9H18N2O. The Morgan fingerprint density at radius 2 is 2.33 bits per heavy atom. The predicted molar refractivity (Wildman–Crippen MR) is 50.0 cm³/mol. The third kappa shape index (κ3) is 3.22. The fourth-order valence-corrected chi connectivity index (χ4v) is 1.39. The molecule has 1 aliphatic heterocycles. The van der Waals surface area contributed by atoms with E-state index in [2.05, 4.69) is 17.5 Å². The van der Waals surface area contributed by atoms with Gasteiger partial charge in [-0.1, -0.05) is 26.2 Å². The van der Waals surface area contributed by atoms with Gasteiger partial charge >= 0.3 is 0 Å². The topological polar surface area (TPSA) is 44.6 Å². The van der Waals surface area contributed by atoms with Crippen molar-refractivity contribution in [3.8, 4) is 0 Å². The summed E-state index contributed by atoms with van der Waals surface area (Å²) in [5.74, 6) is 0. The molecule has 1 heterocycles. The normalized spacial score (nSPS) is 22.2. The SMILES string of the molecule is CCCCCCC1=NNC(O)C1. The first kappa shape index (κ1) is 9.52. The highest BCUT2D eigenvalue weighted by Crippen LogP contribution is 2.09. The van der Waals surface area contributed by atoms with Gasteiger partial charge in [0.25, 0.3) is 0 Å². The molecule has 0 saturated heterocycles. The molecule has 0 amide bonds. The maximum absolute atomic E-state index is 9.08. The molecule has 70 valence electrons. The molecule has 0 aromatic carbocycles. The first-order chi connectivity index (χ1) is 5.83. The van der Waals surface area contributed by atoms with Crippen LogP contribution >= 0.6 is 0 Å². The molecule has 1 unspecified atom stereocenters. The van der Waals surface area contributed by atoms with Crippen molar-refractivity contribution in [2.24, 2.45) is 5.10 Å². The highest BCUT2D eigenvalue weighted by atomic mass is 16.3. The van der Waals surface area contributed by atoms with Crippen molar-refractivity contribution in [2.75, 3.05) is 0 Å². The minimum absolute atomic E-state index is 0.425. The number of unbranched alkanes of at least 4 members (excludes halogenated alkanes) is 3. The summed E-state index contributed by atoms with van der Waals surface area (Å²) < 4.78 is 0. The van der Waals surface area contributed by atoms with E-state index in [4.69, 9.17) is 5.11 Å². The highest BCUT2D eigenvalue weighted by Gasteiger charge is 2.13. The van der Waals surface area contributed by atoms with Crippen LogP contribution in [0, 0.1) is 0 Å². The van der Waals surface area contributed by atoms with Gasteiger partial charge in [0.1, 0.15) is 6.23 Å². The molecule has 0 fully saturated rings. The molecule has 0 spiro atoms. The maximum Gasteiger partial charge on any atom is 0.145 e. The van der Waals surface area contributed by atoms with Crippen LogP contribution in [0.15, 0.2) is 5.10 Å². The van der Waals surface area contributed by atoms with Crippen LogP contribution in [0.25, 0.3) is 0 Å². The third-order valence-corrected chi connectivity index (χ3v) is 2.12. The predicted octanol–water partition coefficient (Wildman–Crippen LogP) is 1.62. The van der Waals surface area contributed by atoms with Crippen molar-refractivity contribution >= 4 is 5.71 Å². The fourth-order valence-electron chi connectivity index (χ4n) is 1.39. The standard InChI is InChI=1S/C9H18N2O/c1-2-3-4-5-6-8-7-9(12)11-10-8/h9,11-12H,2-7H2,1H3. The lowest BCUT2D eigenvalue weighted by atomic mass is 10.1. The van der Waals surface area contributed by atoms with Gasteiger partial charge in [0.15, 0.2) is 0 Å². The zero-order valence-corrected chi connectivity index (χ0v) is 7.71. The lowest BCUT2D eigenvalue weighted by Gasteiger charge is -1.99. The van der Waals surface area contributed by atoms with E-state index in [0.717, 1.165) is 12.1 Å². The van der Waals surface area contributed by atoms with Crippen LogP contribution in [0.5, 0.6) is 0 Å². The molecule has 0 aromatic heterocycles. The minimum atomic E-state index is -0.425. The second-order valence-corrected chi connectivity index (χ2v) is 3.34. The van der Waals surface area contributed by atoms with Gasteiger partial charge < -0.3 is 5.11 Å². The summed E-state index contributed by atoms with van der Waals surface area (Å²) in [6.07, 6.45) is 6.41.